The van der Waals surface area contributed by atoms with Crippen LogP contribution in [0.3, 0.4) is 0 Å². The molecule has 1 N–H and O–H groups in total. The summed E-state index contributed by atoms with van der Waals surface area (Å²) in [5, 5.41) is 9.26. The molecule has 0 aliphatic carbocycles. The van der Waals surface area contributed by atoms with Crippen molar-refractivity contribution in [3.05, 3.63) is 35.6 Å². The number of halogens is 1. The lowest BCUT2D eigenvalue weighted by Crippen LogP contribution is -2.08. The molecule has 0 amide bonds. The molecule has 1 aromatic carbocycles. The lowest BCUT2D eigenvalue weighted by atomic mass is 9.97. The highest BCUT2D eigenvalue weighted by Crippen LogP contribution is 2.19. The number of hydrogen-bond acceptors (Lipinski definition) is 2. The molecule has 3 heteroatoms. The van der Waals surface area contributed by atoms with Crippen LogP contribution in [0.5, 0.6) is 0 Å². The minimum absolute atomic E-state index is 0.0393. The normalized spacial score (nSPS) is 12.7. The van der Waals surface area contributed by atoms with Crippen LogP contribution in [0.1, 0.15) is 31.2 Å². The van der Waals surface area contributed by atoms with Gasteiger partial charge in [0.25, 0.3) is 0 Å². The van der Waals surface area contributed by atoms with E-state index < -0.39 is 0 Å². The topological polar surface area (TPSA) is 29.5 Å². The van der Waals surface area contributed by atoms with Gasteiger partial charge in [-0.2, -0.15) is 0 Å². The van der Waals surface area contributed by atoms with Gasteiger partial charge in [-0.3, -0.25) is 0 Å². The predicted molar refractivity (Wildman–Crippen MR) is 62.0 cm³/mol. The van der Waals surface area contributed by atoms with Crippen molar-refractivity contribution in [2.45, 2.75) is 25.7 Å². The van der Waals surface area contributed by atoms with Gasteiger partial charge < -0.3 is 9.84 Å². The molecule has 90 valence electrons. The van der Waals surface area contributed by atoms with Gasteiger partial charge >= 0.3 is 0 Å². The van der Waals surface area contributed by atoms with Crippen molar-refractivity contribution < 1.29 is 14.2 Å². The Balaban J connectivity index is 2.44. The average Bonchev–Trinajstić information content (AvgIpc) is 2.31. The smallest absolute Gasteiger partial charge is 0.123 e. The Kier molecular flexibility index (Phi) is 6.04. The molecule has 0 saturated heterocycles. The van der Waals surface area contributed by atoms with E-state index in [-0.39, 0.29) is 18.3 Å². The fourth-order valence-electron chi connectivity index (χ4n) is 1.57. The van der Waals surface area contributed by atoms with Crippen molar-refractivity contribution in [2.24, 2.45) is 0 Å². The molecule has 1 unspecified atom stereocenters. The van der Waals surface area contributed by atoms with Crippen molar-refractivity contribution in [1.29, 1.82) is 0 Å². The summed E-state index contributed by atoms with van der Waals surface area (Å²) >= 11 is 0. The lowest BCUT2D eigenvalue weighted by Gasteiger charge is -2.14. The molecular formula is C13H19FO2. The van der Waals surface area contributed by atoms with E-state index in [4.69, 9.17) is 4.74 Å². The van der Waals surface area contributed by atoms with Crippen molar-refractivity contribution in [1.82, 2.24) is 0 Å². The Bertz CT molecular complexity index is 284. The first kappa shape index (κ1) is 13.1. The average molecular weight is 226 g/mol. The van der Waals surface area contributed by atoms with E-state index in [2.05, 4.69) is 6.92 Å². The third kappa shape index (κ3) is 4.29. The van der Waals surface area contributed by atoms with Crippen LogP contribution >= 0.6 is 0 Å². The SMILES string of the molecule is CCCOCCC(CO)c1ccc(F)cc1. The highest BCUT2D eigenvalue weighted by atomic mass is 19.1. The Morgan fingerprint density at radius 2 is 1.94 bits per heavy atom. The number of rotatable bonds is 7. The first-order valence-electron chi connectivity index (χ1n) is 5.72. The van der Waals surface area contributed by atoms with Gasteiger partial charge in [-0.25, -0.2) is 4.39 Å². The van der Waals surface area contributed by atoms with Crippen molar-refractivity contribution in [3.8, 4) is 0 Å². The summed E-state index contributed by atoms with van der Waals surface area (Å²) in [5.74, 6) is -0.208. The van der Waals surface area contributed by atoms with E-state index in [1.54, 1.807) is 12.1 Å². The highest BCUT2D eigenvalue weighted by molar-refractivity contribution is 5.20. The van der Waals surface area contributed by atoms with Crippen LogP contribution in [0, 0.1) is 5.82 Å². The number of hydrogen-bond donors (Lipinski definition) is 1. The zero-order valence-corrected chi connectivity index (χ0v) is 9.66. The molecule has 0 aromatic heterocycles. The van der Waals surface area contributed by atoms with Crippen LogP contribution in [-0.2, 0) is 4.74 Å². The molecule has 0 aliphatic rings. The Hall–Kier alpha value is -0.930. The third-order valence-electron chi connectivity index (χ3n) is 2.52. The van der Waals surface area contributed by atoms with Gasteiger partial charge in [0.1, 0.15) is 5.82 Å². The monoisotopic (exact) mass is 226 g/mol. The maximum atomic E-state index is 12.7. The van der Waals surface area contributed by atoms with Crippen LogP contribution in [0.25, 0.3) is 0 Å². The van der Waals surface area contributed by atoms with E-state index in [1.165, 1.54) is 12.1 Å². The Morgan fingerprint density at radius 1 is 1.25 bits per heavy atom. The van der Waals surface area contributed by atoms with Gasteiger partial charge in [-0.1, -0.05) is 19.1 Å². The molecule has 0 bridgehead atoms. The molecular weight excluding hydrogens is 207 g/mol. The fourth-order valence-corrected chi connectivity index (χ4v) is 1.57. The fraction of sp³-hybridized carbons (Fsp3) is 0.538. The Labute approximate surface area is 96.1 Å². The molecule has 1 aromatic rings. The zero-order chi connectivity index (χ0) is 11.8. The van der Waals surface area contributed by atoms with Crippen LogP contribution in [0.2, 0.25) is 0 Å². The van der Waals surface area contributed by atoms with Crippen LogP contribution in [-0.4, -0.2) is 24.9 Å². The second kappa shape index (κ2) is 7.36. The maximum Gasteiger partial charge on any atom is 0.123 e. The quantitative estimate of drug-likeness (QED) is 0.724. The minimum Gasteiger partial charge on any atom is -0.396 e. The highest BCUT2D eigenvalue weighted by Gasteiger charge is 2.10. The van der Waals surface area contributed by atoms with Gasteiger partial charge in [0.15, 0.2) is 0 Å². The molecule has 2 nitrogen and oxygen atoms in total. The summed E-state index contributed by atoms with van der Waals surface area (Å²) in [6, 6.07) is 6.28. The van der Waals surface area contributed by atoms with E-state index in [9.17, 15) is 9.50 Å². The lowest BCUT2D eigenvalue weighted by molar-refractivity contribution is 0.119. The van der Waals surface area contributed by atoms with Gasteiger partial charge in [-0.05, 0) is 30.5 Å². The maximum absolute atomic E-state index is 12.7. The first-order valence-corrected chi connectivity index (χ1v) is 5.72. The Morgan fingerprint density at radius 3 is 2.50 bits per heavy atom. The molecule has 16 heavy (non-hydrogen) atoms. The van der Waals surface area contributed by atoms with E-state index >= 15 is 0 Å². The van der Waals surface area contributed by atoms with E-state index in [0.29, 0.717) is 6.61 Å². The number of ether oxygens (including phenoxy) is 1. The number of benzene rings is 1. The molecule has 0 saturated carbocycles. The summed E-state index contributed by atoms with van der Waals surface area (Å²) in [4.78, 5) is 0. The summed E-state index contributed by atoms with van der Waals surface area (Å²) < 4.78 is 18.1. The van der Waals surface area contributed by atoms with Gasteiger partial charge in [-0.15, -0.1) is 0 Å². The van der Waals surface area contributed by atoms with E-state index in [1.807, 2.05) is 0 Å². The van der Waals surface area contributed by atoms with Crippen LogP contribution < -0.4 is 0 Å². The molecule has 0 spiro atoms. The molecule has 0 radical (unpaired) electrons. The largest absolute Gasteiger partial charge is 0.396 e. The van der Waals surface area contributed by atoms with Crippen molar-refractivity contribution in [3.63, 3.8) is 0 Å². The summed E-state index contributed by atoms with van der Waals surface area (Å²) in [5.41, 5.74) is 0.962. The standard InChI is InChI=1S/C13H19FO2/c1-2-8-16-9-7-12(10-15)11-3-5-13(14)6-4-11/h3-6,12,15H,2,7-10H2,1H3. The molecule has 0 aliphatic heterocycles. The summed E-state index contributed by atoms with van der Waals surface area (Å²) in [7, 11) is 0. The van der Waals surface area contributed by atoms with Crippen molar-refractivity contribution in [2.75, 3.05) is 19.8 Å². The predicted octanol–water partition coefficient (Wildman–Crippen LogP) is 2.72. The van der Waals surface area contributed by atoms with Gasteiger partial charge in [0.05, 0.1) is 6.61 Å². The second-order valence-electron chi connectivity index (χ2n) is 3.83. The molecule has 0 heterocycles. The zero-order valence-electron chi connectivity index (χ0n) is 9.66. The molecule has 0 fully saturated rings. The number of aliphatic hydroxyl groups is 1. The second-order valence-corrected chi connectivity index (χ2v) is 3.83. The van der Waals surface area contributed by atoms with Crippen LogP contribution in [0.15, 0.2) is 24.3 Å². The summed E-state index contributed by atoms with van der Waals surface area (Å²) in [6.45, 7) is 3.52. The molecule has 1 rings (SSSR count). The first-order chi connectivity index (χ1) is 7.77. The molecule has 1 atom stereocenters. The summed E-state index contributed by atoms with van der Waals surface area (Å²) in [6.07, 6.45) is 1.77. The minimum atomic E-state index is -0.248. The number of aliphatic hydroxyl groups excluding tert-OH is 1. The van der Waals surface area contributed by atoms with Crippen molar-refractivity contribution >= 4 is 0 Å². The third-order valence-corrected chi connectivity index (χ3v) is 2.52. The van der Waals surface area contributed by atoms with Gasteiger partial charge in [0.2, 0.25) is 0 Å². The van der Waals surface area contributed by atoms with Gasteiger partial charge in [0, 0.05) is 19.1 Å². The van der Waals surface area contributed by atoms with Crippen LogP contribution in [0.4, 0.5) is 4.39 Å². The van der Waals surface area contributed by atoms with E-state index in [0.717, 1.165) is 25.0 Å².